The van der Waals surface area contributed by atoms with Gasteiger partial charge in [0, 0.05) is 12.5 Å². The summed E-state index contributed by atoms with van der Waals surface area (Å²) in [4.78, 5) is 16.2. The van der Waals surface area contributed by atoms with E-state index in [4.69, 9.17) is 4.74 Å². The molecule has 0 spiro atoms. The van der Waals surface area contributed by atoms with Crippen LogP contribution in [0.2, 0.25) is 0 Å². The van der Waals surface area contributed by atoms with Gasteiger partial charge < -0.3 is 9.30 Å². The molecule has 4 heteroatoms. The van der Waals surface area contributed by atoms with Crippen LogP contribution in [0.4, 0.5) is 0 Å². The van der Waals surface area contributed by atoms with Gasteiger partial charge in [0.15, 0.2) is 0 Å². The van der Waals surface area contributed by atoms with Crippen molar-refractivity contribution in [1.82, 2.24) is 9.55 Å². The Kier molecular flexibility index (Phi) is 4.20. The van der Waals surface area contributed by atoms with Gasteiger partial charge in [0.1, 0.15) is 5.82 Å². The van der Waals surface area contributed by atoms with E-state index in [9.17, 15) is 4.79 Å². The molecule has 0 saturated heterocycles. The van der Waals surface area contributed by atoms with Crippen LogP contribution in [0.25, 0.3) is 11.0 Å². The Labute approximate surface area is 113 Å². The minimum atomic E-state index is -0.158. The van der Waals surface area contributed by atoms with Crippen molar-refractivity contribution in [2.45, 2.75) is 39.7 Å². The Balaban J connectivity index is 2.34. The third-order valence-corrected chi connectivity index (χ3v) is 3.19. The molecule has 0 aliphatic heterocycles. The van der Waals surface area contributed by atoms with Crippen molar-refractivity contribution in [3.05, 3.63) is 30.1 Å². The molecule has 4 nitrogen and oxygen atoms in total. The lowest BCUT2D eigenvalue weighted by Gasteiger charge is -2.16. The van der Waals surface area contributed by atoms with Crippen molar-refractivity contribution in [2.75, 3.05) is 6.61 Å². The summed E-state index contributed by atoms with van der Waals surface area (Å²) in [6.07, 6.45) is 1.23. The fourth-order valence-corrected chi connectivity index (χ4v) is 2.39. The molecule has 0 amide bonds. The molecule has 1 atom stereocenters. The lowest BCUT2D eigenvalue weighted by Crippen LogP contribution is -2.15. The van der Waals surface area contributed by atoms with E-state index in [-0.39, 0.29) is 12.0 Å². The van der Waals surface area contributed by atoms with Gasteiger partial charge in [0.2, 0.25) is 0 Å². The van der Waals surface area contributed by atoms with Crippen LogP contribution in [-0.4, -0.2) is 22.1 Å². The van der Waals surface area contributed by atoms with E-state index in [0.717, 1.165) is 23.3 Å². The Morgan fingerprint density at radius 1 is 1.37 bits per heavy atom. The third kappa shape index (κ3) is 2.78. The SMILES string of the molecule is CCOC(=O)CC(C)n1c(CC)nc2ccccc21. The zero-order valence-electron chi connectivity index (χ0n) is 11.7. The van der Waals surface area contributed by atoms with Gasteiger partial charge in [-0.1, -0.05) is 19.1 Å². The summed E-state index contributed by atoms with van der Waals surface area (Å²) >= 11 is 0. The van der Waals surface area contributed by atoms with Crippen molar-refractivity contribution in [3.8, 4) is 0 Å². The molecule has 2 rings (SSSR count). The molecular formula is C15H20N2O2. The first-order chi connectivity index (χ1) is 9.17. The number of esters is 1. The Hall–Kier alpha value is -1.84. The molecule has 0 aliphatic rings. The van der Waals surface area contributed by atoms with Gasteiger partial charge in [-0.15, -0.1) is 0 Å². The first-order valence-corrected chi connectivity index (χ1v) is 6.78. The van der Waals surface area contributed by atoms with Crippen molar-refractivity contribution in [1.29, 1.82) is 0 Å². The molecule has 1 aromatic carbocycles. The minimum absolute atomic E-state index is 0.0569. The molecule has 19 heavy (non-hydrogen) atoms. The lowest BCUT2D eigenvalue weighted by molar-refractivity contribution is -0.143. The highest BCUT2D eigenvalue weighted by Gasteiger charge is 2.17. The number of hydrogen-bond acceptors (Lipinski definition) is 3. The number of ether oxygens (including phenoxy) is 1. The van der Waals surface area contributed by atoms with E-state index >= 15 is 0 Å². The van der Waals surface area contributed by atoms with Crippen molar-refractivity contribution in [2.24, 2.45) is 0 Å². The van der Waals surface area contributed by atoms with Crippen LogP contribution >= 0.6 is 0 Å². The molecular weight excluding hydrogens is 240 g/mol. The van der Waals surface area contributed by atoms with Crippen LogP contribution in [0.15, 0.2) is 24.3 Å². The minimum Gasteiger partial charge on any atom is -0.466 e. The zero-order valence-corrected chi connectivity index (χ0v) is 11.7. The number of benzene rings is 1. The number of imidazole rings is 1. The average Bonchev–Trinajstić information content (AvgIpc) is 2.77. The summed E-state index contributed by atoms with van der Waals surface area (Å²) in [5.74, 6) is 0.854. The van der Waals surface area contributed by atoms with Crippen LogP contribution in [0, 0.1) is 0 Å². The number of aromatic nitrogens is 2. The summed E-state index contributed by atoms with van der Waals surface area (Å²) in [5, 5.41) is 0. The van der Waals surface area contributed by atoms with Gasteiger partial charge in [-0.2, -0.15) is 0 Å². The lowest BCUT2D eigenvalue weighted by atomic mass is 10.2. The normalized spacial score (nSPS) is 12.6. The number of carbonyl (C=O) groups excluding carboxylic acids is 1. The monoisotopic (exact) mass is 260 g/mol. The first-order valence-electron chi connectivity index (χ1n) is 6.78. The highest BCUT2D eigenvalue weighted by molar-refractivity contribution is 5.77. The maximum Gasteiger partial charge on any atom is 0.307 e. The van der Waals surface area contributed by atoms with Gasteiger partial charge in [-0.3, -0.25) is 4.79 Å². The zero-order chi connectivity index (χ0) is 13.8. The quantitative estimate of drug-likeness (QED) is 0.776. The standard InChI is InChI=1S/C15H20N2O2/c1-4-14-16-12-8-6-7-9-13(12)17(14)11(3)10-15(18)19-5-2/h6-9,11H,4-5,10H2,1-3H3. The van der Waals surface area contributed by atoms with E-state index in [1.165, 1.54) is 0 Å². The molecule has 2 aromatic rings. The highest BCUT2D eigenvalue weighted by Crippen LogP contribution is 2.23. The molecule has 0 bridgehead atoms. The summed E-state index contributed by atoms with van der Waals surface area (Å²) in [6, 6.07) is 8.08. The van der Waals surface area contributed by atoms with E-state index in [1.807, 2.05) is 38.1 Å². The molecule has 1 unspecified atom stereocenters. The summed E-state index contributed by atoms with van der Waals surface area (Å²) < 4.78 is 7.17. The second-order valence-corrected chi connectivity index (χ2v) is 4.60. The number of para-hydroxylation sites is 2. The summed E-state index contributed by atoms with van der Waals surface area (Å²) in [5.41, 5.74) is 2.06. The Morgan fingerprint density at radius 3 is 2.79 bits per heavy atom. The van der Waals surface area contributed by atoms with Crippen LogP contribution in [-0.2, 0) is 16.0 Å². The molecule has 0 saturated carbocycles. The van der Waals surface area contributed by atoms with Crippen LogP contribution in [0.5, 0.6) is 0 Å². The highest BCUT2D eigenvalue weighted by atomic mass is 16.5. The Morgan fingerprint density at radius 2 is 2.11 bits per heavy atom. The third-order valence-electron chi connectivity index (χ3n) is 3.19. The fraction of sp³-hybridized carbons (Fsp3) is 0.467. The van der Waals surface area contributed by atoms with Gasteiger partial charge in [-0.25, -0.2) is 4.98 Å². The fourth-order valence-electron chi connectivity index (χ4n) is 2.39. The maximum atomic E-state index is 11.6. The van der Waals surface area contributed by atoms with Gasteiger partial charge in [0.25, 0.3) is 0 Å². The molecule has 0 aliphatic carbocycles. The van der Waals surface area contributed by atoms with Crippen molar-refractivity contribution < 1.29 is 9.53 Å². The summed E-state index contributed by atoms with van der Waals surface area (Å²) in [6.45, 7) is 6.36. The maximum absolute atomic E-state index is 11.6. The number of hydrogen-bond donors (Lipinski definition) is 0. The second-order valence-electron chi connectivity index (χ2n) is 4.60. The number of aryl methyl sites for hydroxylation is 1. The largest absolute Gasteiger partial charge is 0.466 e. The number of rotatable bonds is 5. The van der Waals surface area contributed by atoms with Gasteiger partial charge >= 0.3 is 5.97 Å². The number of carbonyl (C=O) groups is 1. The molecule has 102 valence electrons. The predicted molar refractivity (Wildman–Crippen MR) is 75.1 cm³/mol. The van der Waals surface area contributed by atoms with Crippen LogP contribution in [0.3, 0.4) is 0 Å². The molecule has 0 N–H and O–H groups in total. The second kappa shape index (κ2) is 5.87. The smallest absolute Gasteiger partial charge is 0.307 e. The predicted octanol–water partition coefficient (Wildman–Crippen LogP) is 3.11. The van der Waals surface area contributed by atoms with E-state index in [2.05, 4.69) is 16.5 Å². The van der Waals surface area contributed by atoms with E-state index in [0.29, 0.717) is 13.0 Å². The first kappa shape index (κ1) is 13.6. The van der Waals surface area contributed by atoms with E-state index < -0.39 is 0 Å². The van der Waals surface area contributed by atoms with E-state index in [1.54, 1.807) is 0 Å². The van der Waals surface area contributed by atoms with Crippen LogP contribution < -0.4 is 0 Å². The average molecular weight is 260 g/mol. The number of fused-ring (bicyclic) bond motifs is 1. The van der Waals surface area contributed by atoms with Crippen LogP contribution in [0.1, 0.15) is 39.1 Å². The van der Waals surface area contributed by atoms with Gasteiger partial charge in [0.05, 0.1) is 24.1 Å². The van der Waals surface area contributed by atoms with Crippen molar-refractivity contribution in [3.63, 3.8) is 0 Å². The Bertz CT molecular complexity index is 575. The molecule has 1 aromatic heterocycles. The summed E-state index contributed by atoms with van der Waals surface area (Å²) in [7, 11) is 0. The van der Waals surface area contributed by atoms with Crippen molar-refractivity contribution >= 4 is 17.0 Å². The molecule has 0 fully saturated rings. The number of nitrogens with zero attached hydrogens (tertiary/aromatic N) is 2. The molecule has 0 radical (unpaired) electrons. The van der Waals surface area contributed by atoms with Gasteiger partial charge in [-0.05, 0) is 26.0 Å². The molecule has 1 heterocycles. The topological polar surface area (TPSA) is 44.1 Å².